The van der Waals surface area contributed by atoms with Crippen molar-refractivity contribution in [2.24, 2.45) is 5.92 Å². The number of aliphatic hydroxyl groups excluding tert-OH is 1. The zero-order valence-corrected chi connectivity index (χ0v) is 61.0. The van der Waals surface area contributed by atoms with Crippen molar-refractivity contribution < 1.29 is 80.2 Å². The van der Waals surface area contributed by atoms with E-state index >= 15 is 0 Å². The van der Waals surface area contributed by atoms with Crippen molar-refractivity contribution in [3.8, 4) is 0 Å². The van der Waals surface area contributed by atoms with Gasteiger partial charge in [-0.15, -0.1) is 0 Å². The first-order valence-corrected chi connectivity index (χ1v) is 40.5. The zero-order valence-electron chi connectivity index (χ0n) is 59.2. The average molecular weight is 1350 g/mol. The fraction of sp³-hybridized carbons (Fsp3) is 0.890. The van der Waals surface area contributed by atoms with Crippen LogP contribution in [0.1, 0.15) is 356 Å². The summed E-state index contributed by atoms with van der Waals surface area (Å²) in [5, 5.41) is 10.6. The lowest BCUT2D eigenvalue weighted by atomic mass is 10.00. The van der Waals surface area contributed by atoms with Crippen molar-refractivity contribution in [3.05, 3.63) is 24.3 Å². The summed E-state index contributed by atoms with van der Waals surface area (Å²) in [6.45, 7) is 7.10. The summed E-state index contributed by atoms with van der Waals surface area (Å²) in [7, 11) is -9.91. The molecule has 542 valence electrons. The molecule has 0 rings (SSSR count). The fourth-order valence-corrected chi connectivity index (χ4v) is 12.2. The third-order valence-electron chi connectivity index (χ3n) is 16.8. The number of carbonyl (C=O) groups excluding carboxylic acids is 4. The largest absolute Gasteiger partial charge is 0.472 e. The van der Waals surface area contributed by atoms with Crippen LogP contribution in [-0.2, 0) is 65.4 Å². The van der Waals surface area contributed by atoms with E-state index in [0.29, 0.717) is 25.7 Å². The molecule has 0 aromatic heterocycles. The Morgan fingerprint density at radius 1 is 0.348 bits per heavy atom. The van der Waals surface area contributed by atoms with Crippen LogP contribution in [0.4, 0.5) is 0 Å². The number of ether oxygens (including phenoxy) is 4. The number of hydrogen-bond acceptors (Lipinski definition) is 15. The summed E-state index contributed by atoms with van der Waals surface area (Å²) in [4.78, 5) is 72.5. The molecule has 0 radical (unpaired) electrons. The number of esters is 4. The van der Waals surface area contributed by atoms with Gasteiger partial charge >= 0.3 is 39.5 Å². The third-order valence-corrected chi connectivity index (χ3v) is 18.7. The molecule has 0 fully saturated rings. The molecule has 0 aliphatic rings. The van der Waals surface area contributed by atoms with E-state index in [1.807, 2.05) is 0 Å². The van der Waals surface area contributed by atoms with Crippen molar-refractivity contribution in [2.75, 3.05) is 39.6 Å². The number of rotatable bonds is 71. The van der Waals surface area contributed by atoms with E-state index in [0.717, 1.165) is 128 Å². The van der Waals surface area contributed by atoms with Gasteiger partial charge in [0.1, 0.15) is 19.3 Å². The predicted octanol–water partition coefficient (Wildman–Crippen LogP) is 20.9. The lowest BCUT2D eigenvalue weighted by molar-refractivity contribution is -0.161. The van der Waals surface area contributed by atoms with Gasteiger partial charge in [-0.2, -0.15) is 0 Å². The Morgan fingerprint density at radius 2 is 0.609 bits per heavy atom. The minimum Gasteiger partial charge on any atom is -0.462 e. The highest BCUT2D eigenvalue weighted by Crippen LogP contribution is 2.45. The predicted molar refractivity (Wildman–Crippen MR) is 372 cm³/mol. The Labute approximate surface area is 561 Å². The summed E-state index contributed by atoms with van der Waals surface area (Å²) < 4.78 is 68.2. The van der Waals surface area contributed by atoms with Crippen LogP contribution in [0.25, 0.3) is 0 Å². The molecule has 0 aliphatic carbocycles. The molecule has 19 heteroatoms. The molecule has 0 heterocycles. The maximum Gasteiger partial charge on any atom is 0.472 e. The highest BCUT2D eigenvalue weighted by atomic mass is 31.2. The number of unbranched alkanes of at least 4 members (excludes halogenated alkanes) is 39. The summed E-state index contributed by atoms with van der Waals surface area (Å²) in [6.07, 6.45) is 56.6. The number of aliphatic hydroxyl groups is 1. The molecular weight excluding hydrogens is 1210 g/mol. The number of carbonyl (C=O) groups is 4. The number of allylic oxidation sites excluding steroid dienone is 4. The molecule has 0 saturated carbocycles. The maximum absolute atomic E-state index is 13.0. The molecule has 0 spiro atoms. The van der Waals surface area contributed by atoms with Crippen molar-refractivity contribution in [1.82, 2.24) is 0 Å². The summed E-state index contributed by atoms with van der Waals surface area (Å²) in [5.41, 5.74) is 0. The smallest absolute Gasteiger partial charge is 0.462 e. The number of hydrogen-bond donors (Lipinski definition) is 3. The lowest BCUT2D eigenvalue weighted by Crippen LogP contribution is -2.30. The monoisotopic (exact) mass is 1350 g/mol. The van der Waals surface area contributed by atoms with E-state index in [1.54, 1.807) is 0 Å². The average Bonchev–Trinajstić information content (AvgIpc) is 2.60. The van der Waals surface area contributed by atoms with E-state index in [4.69, 9.17) is 37.0 Å². The number of phosphoric acid groups is 2. The van der Waals surface area contributed by atoms with Gasteiger partial charge in [0, 0.05) is 25.7 Å². The summed E-state index contributed by atoms with van der Waals surface area (Å²) >= 11 is 0. The Hall–Kier alpha value is -2.46. The van der Waals surface area contributed by atoms with Gasteiger partial charge in [-0.3, -0.25) is 37.3 Å². The van der Waals surface area contributed by atoms with Gasteiger partial charge in [0.15, 0.2) is 12.2 Å². The lowest BCUT2D eigenvalue weighted by Gasteiger charge is -2.21. The molecule has 3 N–H and O–H groups in total. The van der Waals surface area contributed by atoms with Gasteiger partial charge in [0.05, 0.1) is 26.4 Å². The first kappa shape index (κ1) is 89.5. The first-order chi connectivity index (χ1) is 44.6. The van der Waals surface area contributed by atoms with Gasteiger partial charge in [-0.05, 0) is 57.3 Å². The standard InChI is InChI=1S/C73H138O17P2/c1-6-10-13-16-19-21-23-25-27-28-29-30-31-33-35-37-39-42-48-53-58-72(77)89-68(63-84-71(76)57-52-47-41-38-36-34-32-26-24-22-20-17-14-11-7-2)64-87-91(79,80)85-60-67(74)61-86-92(81,82)88-65-69(62-83-70(75)56-51-46-40-18-15-12-8-3)90-73(78)59-54-49-44-43-45-50-55-66(5)9-4/h22,24,26,32,66-69,74H,6-21,23,25,27-31,33-65H2,1-5H3,(H,79,80)(H,81,82)/b24-22-,32-26-/t66?,67-,68-,69-/m1/s1. The van der Waals surface area contributed by atoms with Crippen molar-refractivity contribution in [1.29, 1.82) is 0 Å². The molecule has 6 atom stereocenters. The van der Waals surface area contributed by atoms with Gasteiger partial charge in [-0.1, -0.05) is 303 Å². The topological polar surface area (TPSA) is 237 Å². The van der Waals surface area contributed by atoms with Crippen LogP contribution in [-0.4, -0.2) is 96.7 Å². The molecule has 0 saturated heterocycles. The second-order valence-corrected chi connectivity index (χ2v) is 28.8. The van der Waals surface area contributed by atoms with Crippen molar-refractivity contribution >= 4 is 39.5 Å². The Balaban J connectivity index is 5.21. The normalized spacial score (nSPS) is 14.5. The van der Waals surface area contributed by atoms with Crippen LogP contribution in [0.3, 0.4) is 0 Å². The van der Waals surface area contributed by atoms with Gasteiger partial charge in [0.2, 0.25) is 0 Å². The van der Waals surface area contributed by atoms with Crippen LogP contribution >= 0.6 is 15.6 Å². The van der Waals surface area contributed by atoms with Gasteiger partial charge in [0.25, 0.3) is 0 Å². The quantitative estimate of drug-likeness (QED) is 0.0169. The summed E-state index contributed by atoms with van der Waals surface area (Å²) in [6, 6.07) is 0. The van der Waals surface area contributed by atoms with Crippen molar-refractivity contribution in [2.45, 2.75) is 374 Å². The van der Waals surface area contributed by atoms with E-state index in [1.165, 1.54) is 148 Å². The van der Waals surface area contributed by atoms with E-state index < -0.39 is 97.5 Å². The second-order valence-electron chi connectivity index (χ2n) is 25.9. The molecule has 0 bridgehead atoms. The second kappa shape index (κ2) is 65.8. The van der Waals surface area contributed by atoms with Gasteiger partial charge < -0.3 is 33.8 Å². The van der Waals surface area contributed by atoms with Crippen LogP contribution in [0.15, 0.2) is 24.3 Å². The molecule has 0 aromatic rings. The zero-order chi connectivity index (χ0) is 67.7. The molecule has 92 heavy (non-hydrogen) atoms. The minimum atomic E-state index is -4.96. The highest BCUT2D eigenvalue weighted by Gasteiger charge is 2.30. The molecule has 0 amide bonds. The molecular formula is C73H138O17P2. The maximum atomic E-state index is 13.0. The number of phosphoric ester groups is 2. The minimum absolute atomic E-state index is 0.101. The SMILES string of the molecule is CCCCCC/C=C\C=C/CCCCCCCC(=O)OC[C@H](COP(=O)(O)OC[C@@H](O)COP(=O)(O)OC[C@@H](COC(=O)CCCCCCCCC)OC(=O)CCCCCCCCC(C)CC)OC(=O)CCCCCCCCCCCCCCCCCCCCCC. The van der Waals surface area contributed by atoms with Crippen molar-refractivity contribution in [3.63, 3.8) is 0 Å². The third kappa shape index (κ3) is 64.9. The van der Waals surface area contributed by atoms with E-state index in [9.17, 15) is 43.2 Å². The van der Waals surface area contributed by atoms with E-state index in [2.05, 4.69) is 58.9 Å². The van der Waals surface area contributed by atoms with Gasteiger partial charge in [-0.25, -0.2) is 9.13 Å². The van der Waals surface area contributed by atoms with Crippen LogP contribution in [0.2, 0.25) is 0 Å². The Bertz CT molecular complexity index is 1870. The van der Waals surface area contributed by atoms with Crippen LogP contribution in [0, 0.1) is 5.92 Å². The fourth-order valence-electron chi connectivity index (χ4n) is 10.6. The summed E-state index contributed by atoms with van der Waals surface area (Å²) in [5.74, 6) is -1.44. The van der Waals surface area contributed by atoms with Crippen LogP contribution < -0.4 is 0 Å². The molecule has 17 nitrogen and oxygen atoms in total. The van der Waals surface area contributed by atoms with Crippen LogP contribution in [0.5, 0.6) is 0 Å². The molecule has 3 unspecified atom stereocenters. The Morgan fingerprint density at radius 3 is 0.924 bits per heavy atom. The van der Waals surface area contributed by atoms with E-state index in [-0.39, 0.29) is 25.7 Å². The molecule has 0 aliphatic heterocycles. The Kier molecular flexibility index (Phi) is 64.0. The highest BCUT2D eigenvalue weighted by molar-refractivity contribution is 7.47. The first-order valence-electron chi connectivity index (χ1n) is 37.5. The molecule has 0 aromatic carbocycles.